The third-order valence-corrected chi connectivity index (χ3v) is 11.2. The molecule has 0 saturated heterocycles. The second kappa shape index (κ2) is 15.1. The first-order valence-corrected chi connectivity index (χ1v) is 19.5. The molecule has 9 aromatic rings. The number of aromatic nitrogens is 1. The Hall–Kier alpha value is -6.84. The predicted octanol–water partition coefficient (Wildman–Crippen LogP) is 14.8. The first-order valence-electron chi connectivity index (χ1n) is 19.5. The molecule has 1 atom stereocenters. The highest BCUT2D eigenvalue weighted by atomic mass is 16.5. The molecule has 56 heavy (non-hydrogen) atoms. The molecule has 0 aliphatic rings. The Morgan fingerprint density at radius 1 is 0.464 bits per heavy atom. The van der Waals surface area contributed by atoms with Gasteiger partial charge in [0.25, 0.3) is 0 Å². The van der Waals surface area contributed by atoms with Crippen LogP contribution in [0.3, 0.4) is 0 Å². The van der Waals surface area contributed by atoms with Crippen molar-refractivity contribution in [2.45, 2.75) is 26.2 Å². The second-order valence-corrected chi connectivity index (χ2v) is 14.6. The Morgan fingerprint density at radius 3 is 1.34 bits per heavy atom. The molecule has 0 amide bonds. The number of hydrogen-bond donors (Lipinski definition) is 0. The normalized spacial score (nSPS) is 11.8. The van der Waals surface area contributed by atoms with E-state index >= 15 is 0 Å². The topological polar surface area (TPSA) is 17.4 Å². The van der Waals surface area contributed by atoms with Crippen molar-refractivity contribution in [1.82, 2.24) is 4.57 Å². The SMILES string of the molecule is CCC(C)c1ccc(-c2ccc(-c3ccc4c(c3)c3cc(-c5ccc(N(c6ccccc6)c6ccccc6)cc5)ccc3n4-c3ccc(OC)cc3)cc2)cc1. The molecular formula is C53H44N2O. The van der Waals surface area contributed by atoms with E-state index in [-0.39, 0.29) is 0 Å². The molecule has 272 valence electrons. The summed E-state index contributed by atoms with van der Waals surface area (Å²) in [4.78, 5) is 2.30. The predicted molar refractivity (Wildman–Crippen MR) is 237 cm³/mol. The van der Waals surface area contributed by atoms with Gasteiger partial charge in [0.2, 0.25) is 0 Å². The summed E-state index contributed by atoms with van der Waals surface area (Å²) in [6, 6.07) is 70.2. The van der Waals surface area contributed by atoms with Crippen molar-refractivity contribution in [1.29, 1.82) is 0 Å². The molecule has 0 spiro atoms. The van der Waals surface area contributed by atoms with E-state index in [0.29, 0.717) is 5.92 Å². The van der Waals surface area contributed by atoms with E-state index in [4.69, 9.17) is 4.74 Å². The number of methoxy groups -OCH3 is 1. The summed E-state index contributed by atoms with van der Waals surface area (Å²) in [6.07, 6.45) is 1.15. The number of hydrogen-bond acceptors (Lipinski definition) is 2. The lowest BCUT2D eigenvalue weighted by Gasteiger charge is -2.25. The summed E-state index contributed by atoms with van der Waals surface area (Å²) in [5.41, 5.74) is 15.4. The van der Waals surface area contributed by atoms with E-state index in [1.165, 1.54) is 60.8 Å². The van der Waals surface area contributed by atoms with Gasteiger partial charge in [-0.1, -0.05) is 123 Å². The van der Waals surface area contributed by atoms with Gasteiger partial charge >= 0.3 is 0 Å². The van der Waals surface area contributed by atoms with E-state index in [2.05, 4.69) is 205 Å². The van der Waals surface area contributed by atoms with Crippen LogP contribution < -0.4 is 9.64 Å². The highest BCUT2D eigenvalue weighted by Crippen LogP contribution is 2.39. The maximum absolute atomic E-state index is 5.51. The zero-order chi connectivity index (χ0) is 38.0. The highest BCUT2D eigenvalue weighted by Gasteiger charge is 2.16. The van der Waals surface area contributed by atoms with Crippen molar-refractivity contribution < 1.29 is 4.74 Å². The van der Waals surface area contributed by atoms with Crippen molar-refractivity contribution in [3.63, 3.8) is 0 Å². The maximum Gasteiger partial charge on any atom is 0.119 e. The quantitative estimate of drug-likeness (QED) is 0.140. The van der Waals surface area contributed by atoms with Crippen LogP contribution in [-0.2, 0) is 0 Å². The fraction of sp³-hybridized carbons (Fsp3) is 0.0943. The summed E-state index contributed by atoms with van der Waals surface area (Å²) in [6.45, 7) is 4.54. The van der Waals surface area contributed by atoms with Crippen molar-refractivity contribution in [2.24, 2.45) is 0 Å². The van der Waals surface area contributed by atoms with Crippen molar-refractivity contribution in [2.75, 3.05) is 12.0 Å². The molecule has 8 aromatic carbocycles. The molecule has 0 aliphatic carbocycles. The zero-order valence-corrected chi connectivity index (χ0v) is 32.1. The Kier molecular flexibility index (Phi) is 9.42. The molecule has 1 heterocycles. The van der Waals surface area contributed by atoms with Gasteiger partial charge in [-0.15, -0.1) is 0 Å². The van der Waals surface area contributed by atoms with Crippen molar-refractivity contribution in [3.8, 4) is 44.8 Å². The molecule has 3 nitrogen and oxygen atoms in total. The van der Waals surface area contributed by atoms with Crippen LogP contribution in [-0.4, -0.2) is 11.7 Å². The number of rotatable bonds is 10. The number of nitrogens with zero attached hydrogens (tertiary/aromatic N) is 2. The number of benzene rings is 8. The van der Waals surface area contributed by atoms with Gasteiger partial charge in [0.15, 0.2) is 0 Å². The Morgan fingerprint density at radius 2 is 0.875 bits per heavy atom. The molecule has 0 radical (unpaired) electrons. The van der Waals surface area contributed by atoms with E-state index in [0.717, 1.165) is 34.9 Å². The summed E-state index contributed by atoms with van der Waals surface area (Å²) < 4.78 is 7.87. The third kappa shape index (κ3) is 6.62. The van der Waals surface area contributed by atoms with Crippen LogP contribution in [0.15, 0.2) is 194 Å². The first-order chi connectivity index (χ1) is 27.6. The van der Waals surface area contributed by atoms with E-state index < -0.39 is 0 Å². The summed E-state index contributed by atoms with van der Waals surface area (Å²) >= 11 is 0. The van der Waals surface area contributed by atoms with Gasteiger partial charge in [-0.3, -0.25) is 0 Å². The minimum atomic E-state index is 0.574. The average molecular weight is 725 g/mol. The minimum Gasteiger partial charge on any atom is -0.497 e. The Labute approximate surface area is 329 Å². The van der Waals surface area contributed by atoms with Crippen LogP contribution in [0.4, 0.5) is 17.1 Å². The number of para-hydroxylation sites is 2. The molecule has 0 bridgehead atoms. The summed E-state index contributed by atoms with van der Waals surface area (Å²) in [5.74, 6) is 1.42. The lowest BCUT2D eigenvalue weighted by atomic mass is 9.95. The largest absolute Gasteiger partial charge is 0.497 e. The first kappa shape index (κ1) is 34.9. The Bertz CT molecular complexity index is 2690. The van der Waals surface area contributed by atoms with Gasteiger partial charge in [0.1, 0.15) is 5.75 Å². The van der Waals surface area contributed by atoms with Gasteiger partial charge in [0, 0.05) is 33.5 Å². The van der Waals surface area contributed by atoms with Crippen LogP contribution in [0, 0.1) is 0 Å². The van der Waals surface area contributed by atoms with Gasteiger partial charge in [-0.2, -0.15) is 0 Å². The maximum atomic E-state index is 5.51. The number of fused-ring (bicyclic) bond motifs is 3. The fourth-order valence-electron chi connectivity index (χ4n) is 7.89. The summed E-state index contributed by atoms with van der Waals surface area (Å²) in [7, 11) is 1.71. The number of anilines is 3. The van der Waals surface area contributed by atoms with Gasteiger partial charge in [-0.25, -0.2) is 0 Å². The van der Waals surface area contributed by atoms with E-state index in [1.54, 1.807) is 7.11 Å². The summed E-state index contributed by atoms with van der Waals surface area (Å²) in [5, 5.41) is 2.43. The lowest BCUT2D eigenvalue weighted by molar-refractivity contribution is 0.415. The van der Waals surface area contributed by atoms with Gasteiger partial charge < -0.3 is 14.2 Å². The standard InChI is InChI=1S/C53H44N2O/c1-4-37(2)38-15-17-39(18-16-38)40-19-21-41(22-20-40)43-25-33-52-50(35-43)51-36-44(26-34-53(51)55(52)48-29-31-49(56-3)32-30-48)42-23-27-47(28-24-42)54(45-11-7-5-8-12-45)46-13-9-6-10-14-46/h5-37H,4H2,1-3H3. The van der Waals surface area contributed by atoms with Crippen LogP contribution in [0.2, 0.25) is 0 Å². The molecule has 9 rings (SSSR count). The molecule has 3 heteroatoms. The molecule has 0 aliphatic heterocycles. The molecule has 1 unspecified atom stereocenters. The second-order valence-electron chi connectivity index (χ2n) is 14.6. The molecule has 0 saturated carbocycles. The molecule has 0 fully saturated rings. The van der Waals surface area contributed by atoms with Crippen molar-refractivity contribution in [3.05, 3.63) is 200 Å². The Balaban J connectivity index is 1.11. The van der Waals surface area contributed by atoms with Gasteiger partial charge in [0.05, 0.1) is 18.1 Å². The van der Waals surface area contributed by atoms with E-state index in [1.807, 2.05) is 12.1 Å². The number of ether oxygens (including phenoxy) is 1. The molecule has 0 N–H and O–H groups in total. The van der Waals surface area contributed by atoms with E-state index in [9.17, 15) is 0 Å². The zero-order valence-electron chi connectivity index (χ0n) is 32.1. The van der Waals surface area contributed by atoms with Crippen LogP contribution in [0.5, 0.6) is 5.75 Å². The van der Waals surface area contributed by atoms with Crippen LogP contribution >= 0.6 is 0 Å². The lowest BCUT2D eigenvalue weighted by Crippen LogP contribution is -2.09. The minimum absolute atomic E-state index is 0.574. The van der Waals surface area contributed by atoms with Gasteiger partial charge in [-0.05, 0) is 136 Å². The third-order valence-electron chi connectivity index (χ3n) is 11.2. The average Bonchev–Trinajstić information content (AvgIpc) is 3.60. The molecular weight excluding hydrogens is 681 g/mol. The highest BCUT2D eigenvalue weighted by molar-refractivity contribution is 6.11. The van der Waals surface area contributed by atoms with Crippen LogP contribution in [0.25, 0.3) is 60.9 Å². The smallest absolute Gasteiger partial charge is 0.119 e. The monoisotopic (exact) mass is 724 g/mol. The van der Waals surface area contributed by atoms with Crippen LogP contribution in [0.1, 0.15) is 31.7 Å². The molecule has 1 aromatic heterocycles. The fourth-order valence-corrected chi connectivity index (χ4v) is 7.89. The van der Waals surface area contributed by atoms with Crippen molar-refractivity contribution >= 4 is 38.9 Å².